The number of carboxylic acid groups (broad SMARTS) is 1. The third-order valence-electron chi connectivity index (χ3n) is 2.73. The number of nitrogens with zero attached hydrogens (tertiary/aromatic N) is 2. The maximum atomic E-state index is 13.5. The van der Waals surface area contributed by atoms with Gasteiger partial charge in [-0.2, -0.15) is 0 Å². The molecular weight excluding hydrogens is 251 g/mol. The average Bonchev–Trinajstić information content (AvgIpc) is 2.75. The minimum Gasteiger partial charge on any atom is -0.478 e. The molecule has 2 rings (SSSR count). The summed E-state index contributed by atoms with van der Waals surface area (Å²) in [4.78, 5) is 14.8. The van der Waals surface area contributed by atoms with E-state index in [1.165, 1.54) is 0 Å². The van der Waals surface area contributed by atoms with Gasteiger partial charge in [0.05, 0.1) is 23.5 Å². The van der Waals surface area contributed by atoms with Crippen LogP contribution >= 0.6 is 0 Å². The first-order valence-electron chi connectivity index (χ1n) is 5.51. The molecule has 7 heteroatoms. The molecule has 1 heterocycles. The van der Waals surface area contributed by atoms with Gasteiger partial charge in [0.1, 0.15) is 11.6 Å². The third kappa shape index (κ3) is 2.65. The van der Waals surface area contributed by atoms with Crippen molar-refractivity contribution in [2.24, 2.45) is 7.05 Å². The van der Waals surface area contributed by atoms with Crippen molar-refractivity contribution < 1.29 is 14.3 Å². The van der Waals surface area contributed by atoms with E-state index in [0.29, 0.717) is 12.2 Å². The van der Waals surface area contributed by atoms with Gasteiger partial charge in [0.25, 0.3) is 0 Å². The summed E-state index contributed by atoms with van der Waals surface area (Å²) in [5.41, 5.74) is 5.75. The van der Waals surface area contributed by atoms with Crippen LogP contribution in [0.4, 0.5) is 15.8 Å². The SMILES string of the molecule is Cn1ccnc1CNc1cc(F)c(C(=O)O)cc1N. The quantitative estimate of drug-likeness (QED) is 0.727. The Hall–Kier alpha value is -2.57. The summed E-state index contributed by atoms with van der Waals surface area (Å²) in [6.45, 7) is 0.361. The first-order valence-corrected chi connectivity index (χ1v) is 5.51. The second kappa shape index (κ2) is 4.97. The lowest BCUT2D eigenvalue weighted by atomic mass is 10.1. The predicted octanol–water partition coefficient (Wildman–Crippen LogP) is 1.45. The molecule has 0 fully saturated rings. The van der Waals surface area contributed by atoms with Crippen molar-refractivity contribution in [1.82, 2.24) is 9.55 Å². The molecule has 0 saturated carbocycles. The molecule has 0 amide bonds. The number of aromatic nitrogens is 2. The summed E-state index contributed by atoms with van der Waals surface area (Å²) in [5, 5.41) is 11.7. The van der Waals surface area contributed by atoms with E-state index < -0.39 is 17.3 Å². The fourth-order valence-corrected chi connectivity index (χ4v) is 1.65. The number of nitrogens with two attached hydrogens (primary N) is 1. The molecule has 0 aliphatic heterocycles. The maximum Gasteiger partial charge on any atom is 0.338 e. The molecule has 100 valence electrons. The van der Waals surface area contributed by atoms with Crippen LogP contribution in [-0.4, -0.2) is 20.6 Å². The highest BCUT2D eigenvalue weighted by Gasteiger charge is 2.13. The van der Waals surface area contributed by atoms with Gasteiger partial charge in [-0.3, -0.25) is 0 Å². The Kier molecular flexibility index (Phi) is 3.37. The molecule has 0 atom stereocenters. The highest BCUT2D eigenvalue weighted by Crippen LogP contribution is 2.23. The monoisotopic (exact) mass is 264 g/mol. The Labute approximate surface area is 108 Å². The van der Waals surface area contributed by atoms with Crippen molar-refractivity contribution in [2.45, 2.75) is 6.54 Å². The van der Waals surface area contributed by atoms with Crippen LogP contribution < -0.4 is 11.1 Å². The van der Waals surface area contributed by atoms with Gasteiger partial charge < -0.3 is 20.7 Å². The molecule has 0 unspecified atom stereocenters. The first-order chi connectivity index (χ1) is 8.99. The molecule has 19 heavy (non-hydrogen) atoms. The fourth-order valence-electron chi connectivity index (χ4n) is 1.65. The van der Waals surface area contributed by atoms with E-state index in [0.717, 1.165) is 18.0 Å². The minimum atomic E-state index is -1.35. The fraction of sp³-hybridized carbons (Fsp3) is 0.167. The number of hydrogen-bond donors (Lipinski definition) is 3. The Balaban J connectivity index is 2.20. The van der Waals surface area contributed by atoms with Crippen molar-refractivity contribution in [3.63, 3.8) is 0 Å². The van der Waals surface area contributed by atoms with E-state index >= 15 is 0 Å². The van der Waals surface area contributed by atoms with Gasteiger partial charge in [-0.25, -0.2) is 14.2 Å². The van der Waals surface area contributed by atoms with Crippen molar-refractivity contribution in [3.8, 4) is 0 Å². The van der Waals surface area contributed by atoms with Gasteiger partial charge in [-0.15, -0.1) is 0 Å². The van der Waals surface area contributed by atoms with E-state index in [2.05, 4.69) is 10.3 Å². The largest absolute Gasteiger partial charge is 0.478 e. The zero-order chi connectivity index (χ0) is 14.0. The van der Waals surface area contributed by atoms with Gasteiger partial charge in [-0.05, 0) is 12.1 Å². The lowest BCUT2D eigenvalue weighted by Crippen LogP contribution is -2.09. The number of rotatable bonds is 4. The van der Waals surface area contributed by atoms with Gasteiger partial charge in [0, 0.05) is 19.4 Å². The molecule has 0 radical (unpaired) electrons. The number of aryl methyl sites for hydroxylation is 1. The Morgan fingerprint density at radius 1 is 1.58 bits per heavy atom. The molecule has 1 aromatic carbocycles. The van der Waals surface area contributed by atoms with E-state index in [9.17, 15) is 9.18 Å². The van der Waals surface area contributed by atoms with E-state index in [1.807, 2.05) is 11.6 Å². The number of anilines is 2. The van der Waals surface area contributed by atoms with Crippen molar-refractivity contribution >= 4 is 17.3 Å². The molecule has 1 aromatic heterocycles. The summed E-state index contributed by atoms with van der Waals surface area (Å²) >= 11 is 0. The van der Waals surface area contributed by atoms with Crippen LogP contribution in [0.25, 0.3) is 0 Å². The summed E-state index contributed by atoms with van der Waals surface area (Å²) in [6, 6.07) is 2.17. The van der Waals surface area contributed by atoms with E-state index in [4.69, 9.17) is 10.8 Å². The number of hydrogen-bond acceptors (Lipinski definition) is 4. The van der Waals surface area contributed by atoms with Crippen LogP contribution in [-0.2, 0) is 13.6 Å². The molecule has 0 spiro atoms. The van der Waals surface area contributed by atoms with Crippen LogP contribution in [0.2, 0.25) is 0 Å². The van der Waals surface area contributed by atoms with Crippen molar-refractivity contribution in [3.05, 3.63) is 41.7 Å². The first kappa shape index (κ1) is 12.9. The number of halogens is 1. The van der Waals surface area contributed by atoms with Gasteiger partial charge in [0.15, 0.2) is 0 Å². The lowest BCUT2D eigenvalue weighted by Gasteiger charge is -2.10. The van der Waals surface area contributed by atoms with Gasteiger partial charge in [-0.1, -0.05) is 0 Å². The lowest BCUT2D eigenvalue weighted by molar-refractivity contribution is 0.0692. The number of benzene rings is 1. The van der Waals surface area contributed by atoms with Crippen LogP contribution in [0, 0.1) is 5.82 Å². The molecular formula is C12H13FN4O2. The Morgan fingerprint density at radius 2 is 2.32 bits per heavy atom. The Bertz CT molecular complexity index is 624. The summed E-state index contributed by atoms with van der Waals surface area (Å²) < 4.78 is 15.3. The van der Waals surface area contributed by atoms with E-state index in [1.54, 1.807) is 12.4 Å². The van der Waals surface area contributed by atoms with Crippen molar-refractivity contribution in [2.75, 3.05) is 11.1 Å². The topological polar surface area (TPSA) is 93.2 Å². The summed E-state index contributed by atoms with van der Waals surface area (Å²) in [7, 11) is 1.83. The highest BCUT2D eigenvalue weighted by atomic mass is 19.1. The second-order valence-corrected chi connectivity index (χ2v) is 4.03. The molecule has 0 aliphatic carbocycles. The molecule has 0 aliphatic rings. The van der Waals surface area contributed by atoms with E-state index in [-0.39, 0.29) is 5.69 Å². The number of aromatic carboxylic acids is 1. The van der Waals surface area contributed by atoms with Crippen molar-refractivity contribution in [1.29, 1.82) is 0 Å². The summed E-state index contributed by atoms with van der Waals surface area (Å²) in [5.74, 6) is -1.42. The number of carbonyl (C=O) groups is 1. The van der Waals surface area contributed by atoms with Crippen LogP contribution in [0.3, 0.4) is 0 Å². The number of imidazole rings is 1. The van der Waals surface area contributed by atoms with Gasteiger partial charge in [0.2, 0.25) is 0 Å². The molecule has 2 aromatic rings. The highest BCUT2D eigenvalue weighted by molar-refractivity contribution is 5.90. The zero-order valence-corrected chi connectivity index (χ0v) is 10.2. The number of carboxylic acids is 1. The summed E-state index contributed by atoms with van der Waals surface area (Å²) in [6.07, 6.45) is 3.43. The van der Waals surface area contributed by atoms with Crippen LogP contribution in [0.1, 0.15) is 16.2 Å². The Morgan fingerprint density at radius 3 is 2.89 bits per heavy atom. The normalized spacial score (nSPS) is 10.4. The molecule has 0 bridgehead atoms. The molecule has 6 nitrogen and oxygen atoms in total. The standard InChI is InChI=1S/C12H13FN4O2/c1-17-3-2-15-11(17)6-16-10-5-8(13)7(12(18)19)4-9(10)14/h2-5,16H,6,14H2,1H3,(H,18,19). The molecule has 0 saturated heterocycles. The number of nitrogen functional groups attached to an aromatic ring is 1. The minimum absolute atomic E-state index is 0.174. The third-order valence-corrected chi connectivity index (χ3v) is 2.73. The average molecular weight is 264 g/mol. The predicted molar refractivity (Wildman–Crippen MR) is 68.3 cm³/mol. The number of nitrogens with one attached hydrogen (secondary N) is 1. The second-order valence-electron chi connectivity index (χ2n) is 4.03. The maximum absolute atomic E-state index is 13.5. The van der Waals surface area contributed by atoms with Crippen LogP contribution in [0.5, 0.6) is 0 Å². The van der Waals surface area contributed by atoms with Gasteiger partial charge >= 0.3 is 5.97 Å². The smallest absolute Gasteiger partial charge is 0.338 e. The zero-order valence-electron chi connectivity index (χ0n) is 10.2. The van der Waals surface area contributed by atoms with Crippen LogP contribution in [0.15, 0.2) is 24.5 Å². The molecule has 4 N–H and O–H groups in total.